The van der Waals surface area contributed by atoms with Gasteiger partial charge in [-0.3, -0.25) is 4.79 Å². The lowest BCUT2D eigenvalue weighted by molar-refractivity contribution is -0.157. The van der Waals surface area contributed by atoms with Gasteiger partial charge in [0, 0.05) is 0 Å². The Morgan fingerprint density at radius 2 is 1.67 bits per heavy atom. The van der Waals surface area contributed by atoms with E-state index in [9.17, 15) is 14.4 Å². The summed E-state index contributed by atoms with van der Waals surface area (Å²) in [5.41, 5.74) is 0.543. The first-order valence-corrected chi connectivity index (χ1v) is 7.30. The van der Waals surface area contributed by atoms with Crippen molar-refractivity contribution >= 4 is 29.2 Å². The smallest absolute Gasteiger partial charge is 0.340 e. The first kappa shape index (κ1) is 17.1. The number of carbonyl (C=O) groups excluding carboxylic acids is 3. The lowest BCUT2D eigenvalue weighted by Gasteiger charge is -2.15. The maximum absolute atomic E-state index is 12.2. The second kappa shape index (κ2) is 7.72. The molecular formula is C13H18N2O5S. The number of aryl methyl sites for hydroxylation is 2. The van der Waals surface area contributed by atoms with Gasteiger partial charge in [-0.2, -0.15) is 0 Å². The lowest BCUT2D eigenvalue weighted by atomic mass is 10.2. The second-order valence-corrected chi connectivity index (χ2v) is 5.26. The Morgan fingerprint density at radius 3 is 2.05 bits per heavy atom. The summed E-state index contributed by atoms with van der Waals surface area (Å²) in [7, 11) is 0. The fourth-order valence-corrected chi connectivity index (χ4v) is 2.43. The molecule has 0 aliphatic rings. The van der Waals surface area contributed by atoms with E-state index in [1.807, 2.05) is 0 Å². The van der Waals surface area contributed by atoms with Crippen molar-refractivity contribution in [3.05, 3.63) is 15.6 Å². The van der Waals surface area contributed by atoms with Gasteiger partial charge in [-0.1, -0.05) is 0 Å². The summed E-state index contributed by atoms with van der Waals surface area (Å²) in [5.74, 6) is -2.24. The van der Waals surface area contributed by atoms with Crippen molar-refractivity contribution in [1.82, 2.24) is 10.3 Å². The molecule has 1 N–H and O–H groups in total. The summed E-state index contributed by atoms with van der Waals surface area (Å²) in [6, 6.07) is -1.47. The highest BCUT2D eigenvalue weighted by Gasteiger charge is 2.32. The molecule has 0 bridgehead atoms. The average Bonchev–Trinajstić information content (AvgIpc) is 2.75. The van der Waals surface area contributed by atoms with Crippen LogP contribution >= 0.6 is 11.3 Å². The molecule has 1 aromatic rings. The minimum Gasteiger partial charge on any atom is -0.464 e. The monoisotopic (exact) mass is 314 g/mol. The van der Waals surface area contributed by atoms with E-state index in [0.717, 1.165) is 5.01 Å². The topological polar surface area (TPSA) is 94.6 Å². The van der Waals surface area contributed by atoms with Crippen LogP contribution in [0.5, 0.6) is 0 Å². The SMILES string of the molecule is CCOC(=O)C(NC(=O)c1sc(C)nc1C)C(=O)OCC. The maximum atomic E-state index is 12.2. The molecule has 0 aliphatic carbocycles. The number of ether oxygens (including phenoxy) is 2. The first-order valence-electron chi connectivity index (χ1n) is 6.48. The van der Waals surface area contributed by atoms with E-state index in [-0.39, 0.29) is 13.2 Å². The lowest BCUT2D eigenvalue weighted by Crippen LogP contribution is -2.48. The molecule has 21 heavy (non-hydrogen) atoms. The van der Waals surface area contributed by atoms with E-state index >= 15 is 0 Å². The van der Waals surface area contributed by atoms with E-state index in [1.165, 1.54) is 11.3 Å². The van der Waals surface area contributed by atoms with E-state index < -0.39 is 23.9 Å². The van der Waals surface area contributed by atoms with Gasteiger partial charge in [-0.15, -0.1) is 11.3 Å². The summed E-state index contributed by atoms with van der Waals surface area (Å²) in [6.45, 7) is 6.87. The van der Waals surface area contributed by atoms with Crippen molar-refractivity contribution < 1.29 is 23.9 Å². The highest BCUT2D eigenvalue weighted by Crippen LogP contribution is 2.17. The van der Waals surface area contributed by atoms with Crippen LogP contribution < -0.4 is 5.32 Å². The molecule has 0 saturated heterocycles. The van der Waals surface area contributed by atoms with Crippen molar-refractivity contribution in [2.24, 2.45) is 0 Å². The van der Waals surface area contributed by atoms with Crippen LogP contribution in [-0.2, 0) is 19.1 Å². The van der Waals surface area contributed by atoms with E-state index in [0.29, 0.717) is 10.6 Å². The summed E-state index contributed by atoms with van der Waals surface area (Å²) in [4.78, 5) is 40.2. The van der Waals surface area contributed by atoms with Gasteiger partial charge >= 0.3 is 11.9 Å². The molecule has 0 spiro atoms. The van der Waals surface area contributed by atoms with Crippen LogP contribution in [0.3, 0.4) is 0 Å². The molecule has 0 aromatic carbocycles. The number of nitrogens with one attached hydrogen (secondary N) is 1. The molecule has 0 fully saturated rings. The Balaban J connectivity index is 2.90. The molecule has 1 heterocycles. The predicted octanol–water partition coefficient (Wildman–Crippen LogP) is 0.985. The van der Waals surface area contributed by atoms with Crippen LogP contribution in [-0.4, -0.2) is 42.1 Å². The van der Waals surface area contributed by atoms with Crippen molar-refractivity contribution in [1.29, 1.82) is 0 Å². The van der Waals surface area contributed by atoms with Crippen molar-refractivity contribution in [3.63, 3.8) is 0 Å². The minimum absolute atomic E-state index is 0.100. The first-order chi connectivity index (χ1) is 9.90. The number of esters is 2. The molecule has 8 heteroatoms. The Bertz CT molecular complexity index is 523. The van der Waals surface area contributed by atoms with Crippen LogP contribution in [0.2, 0.25) is 0 Å². The third kappa shape index (κ3) is 4.52. The zero-order valence-corrected chi connectivity index (χ0v) is 13.2. The molecule has 0 unspecified atom stereocenters. The van der Waals surface area contributed by atoms with Crippen LogP contribution in [0, 0.1) is 13.8 Å². The van der Waals surface area contributed by atoms with Gasteiger partial charge < -0.3 is 14.8 Å². The number of carbonyl (C=O) groups is 3. The van der Waals surface area contributed by atoms with Gasteiger partial charge in [0.15, 0.2) is 0 Å². The highest BCUT2D eigenvalue weighted by atomic mass is 32.1. The van der Waals surface area contributed by atoms with Gasteiger partial charge in [-0.05, 0) is 27.7 Å². The quantitative estimate of drug-likeness (QED) is 0.621. The standard InChI is InChI=1S/C13H18N2O5S/c1-5-19-12(17)9(13(18)20-6-2)15-11(16)10-7(3)14-8(4)21-10/h9H,5-6H2,1-4H3,(H,15,16). The maximum Gasteiger partial charge on any atom is 0.340 e. The Kier molecular flexibility index (Phi) is 6.29. The third-order valence-electron chi connectivity index (χ3n) is 2.43. The molecule has 1 aromatic heterocycles. The number of hydrogen-bond donors (Lipinski definition) is 1. The largest absolute Gasteiger partial charge is 0.464 e. The van der Waals surface area contributed by atoms with Gasteiger partial charge in [0.05, 0.1) is 23.9 Å². The molecule has 1 amide bonds. The molecule has 116 valence electrons. The van der Waals surface area contributed by atoms with Crippen LogP contribution in [0.25, 0.3) is 0 Å². The molecule has 7 nitrogen and oxygen atoms in total. The van der Waals surface area contributed by atoms with E-state index in [2.05, 4.69) is 10.3 Å². The Hall–Kier alpha value is -1.96. The van der Waals surface area contributed by atoms with Crippen LogP contribution in [0.1, 0.15) is 34.2 Å². The predicted molar refractivity (Wildman–Crippen MR) is 76.1 cm³/mol. The number of thiazole rings is 1. The van der Waals surface area contributed by atoms with E-state index in [4.69, 9.17) is 9.47 Å². The van der Waals surface area contributed by atoms with Crippen LogP contribution in [0.15, 0.2) is 0 Å². The van der Waals surface area contributed by atoms with Gasteiger partial charge in [0.2, 0.25) is 6.04 Å². The van der Waals surface area contributed by atoms with Gasteiger partial charge in [0.1, 0.15) is 4.88 Å². The zero-order valence-electron chi connectivity index (χ0n) is 12.4. The fourth-order valence-electron chi connectivity index (χ4n) is 1.60. The number of aromatic nitrogens is 1. The molecule has 0 atom stereocenters. The van der Waals surface area contributed by atoms with Crippen molar-refractivity contribution in [3.8, 4) is 0 Å². The highest BCUT2D eigenvalue weighted by molar-refractivity contribution is 7.13. The minimum atomic E-state index is -1.47. The van der Waals surface area contributed by atoms with E-state index in [1.54, 1.807) is 27.7 Å². The van der Waals surface area contributed by atoms with Crippen molar-refractivity contribution in [2.45, 2.75) is 33.7 Å². The molecule has 0 aliphatic heterocycles. The zero-order chi connectivity index (χ0) is 16.0. The second-order valence-electron chi connectivity index (χ2n) is 4.06. The summed E-state index contributed by atoms with van der Waals surface area (Å²) >= 11 is 1.19. The number of amides is 1. The van der Waals surface area contributed by atoms with Crippen molar-refractivity contribution in [2.75, 3.05) is 13.2 Å². The third-order valence-corrected chi connectivity index (χ3v) is 3.50. The van der Waals surface area contributed by atoms with Crippen LogP contribution in [0.4, 0.5) is 0 Å². The Morgan fingerprint density at radius 1 is 1.14 bits per heavy atom. The summed E-state index contributed by atoms with van der Waals surface area (Å²) in [5, 5.41) is 3.06. The fraction of sp³-hybridized carbons (Fsp3) is 0.538. The molecule has 0 radical (unpaired) electrons. The average molecular weight is 314 g/mol. The number of rotatable bonds is 6. The molecule has 1 rings (SSSR count). The van der Waals surface area contributed by atoms with Gasteiger partial charge in [-0.25, -0.2) is 14.6 Å². The van der Waals surface area contributed by atoms with Gasteiger partial charge in [0.25, 0.3) is 5.91 Å². The molecular weight excluding hydrogens is 296 g/mol. The number of nitrogens with zero attached hydrogens (tertiary/aromatic N) is 1. The number of hydrogen-bond acceptors (Lipinski definition) is 7. The summed E-state index contributed by atoms with van der Waals surface area (Å²) < 4.78 is 9.55. The molecule has 0 saturated carbocycles. The summed E-state index contributed by atoms with van der Waals surface area (Å²) in [6.07, 6.45) is 0. The normalized spacial score (nSPS) is 10.3. The Labute approximate surface area is 126 Å².